The van der Waals surface area contributed by atoms with Crippen molar-refractivity contribution in [1.82, 2.24) is 0 Å². The van der Waals surface area contributed by atoms with Crippen molar-refractivity contribution in [1.29, 1.82) is 0 Å². The van der Waals surface area contributed by atoms with E-state index in [1.54, 1.807) is 6.92 Å². The number of halogens is 3. The molecule has 0 amide bonds. The maximum atomic E-state index is 13.8. The fraction of sp³-hybridized carbons (Fsp3) is 0.143. The van der Waals surface area contributed by atoms with Crippen LogP contribution in [0.3, 0.4) is 0 Å². The van der Waals surface area contributed by atoms with Gasteiger partial charge in [-0.15, -0.1) is 0 Å². The first kappa shape index (κ1) is 13.0. The van der Waals surface area contributed by atoms with Crippen LogP contribution in [0.25, 0.3) is 0 Å². The topological polar surface area (TPSA) is 12.0 Å². The molecule has 4 heteroatoms. The molecular formula is C14H12BrF2N. The number of hydrogen-bond donors (Lipinski definition) is 1. The summed E-state index contributed by atoms with van der Waals surface area (Å²) in [5.41, 5.74) is 1.29. The van der Waals surface area contributed by atoms with Crippen LogP contribution in [-0.4, -0.2) is 0 Å². The van der Waals surface area contributed by atoms with Crippen LogP contribution in [0.4, 0.5) is 14.5 Å². The molecule has 2 rings (SSSR count). The summed E-state index contributed by atoms with van der Waals surface area (Å²) in [6, 6.07) is 10.2. The second kappa shape index (κ2) is 5.48. The fourth-order valence-corrected chi connectivity index (χ4v) is 2.07. The highest BCUT2D eigenvalue weighted by Gasteiger charge is 2.11. The number of nitrogens with one attached hydrogen (secondary N) is 1. The molecule has 0 aliphatic rings. The zero-order valence-corrected chi connectivity index (χ0v) is 11.4. The lowest BCUT2D eigenvalue weighted by Crippen LogP contribution is -2.05. The first-order valence-electron chi connectivity index (χ1n) is 5.51. The van der Waals surface area contributed by atoms with Gasteiger partial charge in [-0.3, -0.25) is 0 Å². The van der Waals surface area contributed by atoms with Crippen LogP contribution in [0.1, 0.15) is 11.1 Å². The molecular weight excluding hydrogens is 300 g/mol. The summed E-state index contributed by atoms with van der Waals surface area (Å²) in [6.07, 6.45) is 0. The van der Waals surface area contributed by atoms with Crippen molar-refractivity contribution in [2.45, 2.75) is 13.5 Å². The van der Waals surface area contributed by atoms with Gasteiger partial charge in [0.2, 0.25) is 0 Å². The molecule has 0 unspecified atom stereocenters. The summed E-state index contributed by atoms with van der Waals surface area (Å²) in [6.45, 7) is 1.97. The van der Waals surface area contributed by atoms with Crippen LogP contribution >= 0.6 is 15.9 Å². The lowest BCUT2D eigenvalue weighted by Gasteiger charge is -2.11. The lowest BCUT2D eigenvalue weighted by atomic mass is 10.1. The highest BCUT2D eigenvalue weighted by molar-refractivity contribution is 9.10. The minimum Gasteiger partial charge on any atom is -0.376 e. The summed E-state index contributed by atoms with van der Waals surface area (Å²) in [5, 5.41) is 2.80. The maximum Gasteiger partial charge on any atom is 0.152 e. The summed E-state index contributed by atoms with van der Waals surface area (Å²) >= 11 is 3.39. The Hall–Kier alpha value is -1.42. The van der Waals surface area contributed by atoms with Gasteiger partial charge in [0, 0.05) is 11.0 Å². The molecule has 2 aromatic carbocycles. The van der Waals surface area contributed by atoms with E-state index in [0.717, 1.165) is 10.0 Å². The number of benzene rings is 2. The smallest absolute Gasteiger partial charge is 0.152 e. The number of anilines is 1. The van der Waals surface area contributed by atoms with E-state index in [-0.39, 0.29) is 5.69 Å². The van der Waals surface area contributed by atoms with Gasteiger partial charge < -0.3 is 5.32 Å². The number of rotatable bonds is 3. The van der Waals surface area contributed by atoms with Crippen LogP contribution in [0.15, 0.2) is 40.9 Å². The second-order valence-electron chi connectivity index (χ2n) is 4.00. The summed E-state index contributed by atoms with van der Waals surface area (Å²) in [4.78, 5) is 0. The van der Waals surface area contributed by atoms with Crippen molar-refractivity contribution in [3.05, 3.63) is 63.6 Å². The summed E-state index contributed by atoms with van der Waals surface area (Å²) in [7, 11) is 0. The molecule has 0 bridgehead atoms. The van der Waals surface area contributed by atoms with E-state index < -0.39 is 11.6 Å². The molecule has 0 atom stereocenters. The molecule has 0 spiro atoms. The standard InChI is InChI=1S/C14H12BrF2N/c1-9-6-7-12(16)14(13(9)17)18-8-10-4-2-3-5-11(10)15/h2-7,18H,8H2,1H3. The van der Waals surface area contributed by atoms with E-state index in [9.17, 15) is 8.78 Å². The second-order valence-corrected chi connectivity index (χ2v) is 4.85. The molecule has 0 aliphatic heterocycles. The van der Waals surface area contributed by atoms with Crippen molar-refractivity contribution in [2.75, 3.05) is 5.32 Å². The quantitative estimate of drug-likeness (QED) is 0.870. The van der Waals surface area contributed by atoms with Crippen LogP contribution in [0.2, 0.25) is 0 Å². The first-order chi connectivity index (χ1) is 8.59. The summed E-state index contributed by atoms with van der Waals surface area (Å²) in [5.74, 6) is -1.12. The SMILES string of the molecule is Cc1ccc(F)c(NCc2ccccc2Br)c1F. The molecule has 0 saturated carbocycles. The predicted molar refractivity (Wildman–Crippen MR) is 72.6 cm³/mol. The van der Waals surface area contributed by atoms with E-state index in [1.807, 2.05) is 24.3 Å². The third-order valence-electron chi connectivity index (χ3n) is 2.70. The minimum absolute atomic E-state index is 0.0780. The zero-order chi connectivity index (χ0) is 13.1. The van der Waals surface area contributed by atoms with Crippen LogP contribution < -0.4 is 5.32 Å². The first-order valence-corrected chi connectivity index (χ1v) is 6.31. The van der Waals surface area contributed by atoms with E-state index in [2.05, 4.69) is 21.2 Å². The third kappa shape index (κ3) is 2.70. The Kier molecular flexibility index (Phi) is 3.97. The molecule has 18 heavy (non-hydrogen) atoms. The molecule has 2 aromatic rings. The van der Waals surface area contributed by atoms with Gasteiger partial charge in [0.15, 0.2) is 5.82 Å². The zero-order valence-electron chi connectivity index (χ0n) is 9.81. The van der Waals surface area contributed by atoms with Gasteiger partial charge >= 0.3 is 0 Å². The normalized spacial score (nSPS) is 10.4. The monoisotopic (exact) mass is 311 g/mol. The Morgan fingerprint density at radius 2 is 1.83 bits per heavy atom. The van der Waals surface area contributed by atoms with Crippen molar-refractivity contribution < 1.29 is 8.78 Å². The van der Waals surface area contributed by atoms with Gasteiger partial charge in [-0.1, -0.05) is 40.2 Å². The van der Waals surface area contributed by atoms with Crippen molar-refractivity contribution in [2.24, 2.45) is 0 Å². The van der Waals surface area contributed by atoms with Gasteiger partial charge in [-0.25, -0.2) is 8.78 Å². The highest BCUT2D eigenvalue weighted by atomic mass is 79.9. The van der Waals surface area contributed by atoms with Gasteiger partial charge in [0.1, 0.15) is 11.5 Å². The Morgan fingerprint density at radius 1 is 1.11 bits per heavy atom. The van der Waals surface area contributed by atoms with Crippen molar-refractivity contribution >= 4 is 21.6 Å². The van der Waals surface area contributed by atoms with E-state index in [1.165, 1.54) is 12.1 Å². The third-order valence-corrected chi connectivity index (χ3v) is 3.47. The average Bonchev–Trinajstić information content (AvgIpc) is 2.36. The minimum atomic E-state index is -0.579. The Balaban J connectivity index is 2.21. The van der Waals surface area contributed by atoms with Gasteiger partial charge in [0.25, 0.3) is 0 Å². The van der Waals surface area contributed by atoms with Gasteiger partial charge in [0.05, 0.1) is 0 Å². The van der Waals surface area contributed by atoms with Gasteiger partial charge in [-0.05, 0) is 30.2 Å². The van der Waals surface area contributed by atoms with Crippen molar-refractivity contribution in [3.8, 4) is 0 Å². The Bertz CT molecular complexity index is 570. The molecule has 94 valence electrons. The van der Waals surface area contributed by atoms with E-state index in [4.69, 9.17) is 0 Å². The van der Waals surface area contributed by atoms with Crippen molar-refractivity contribution in [3.63, 3.8) is 0 Å². The van der Waals surface area contributed by atoms with Gasteiger partial charge in [-0.2, -0.15) is 0 Å². The fourth-order valence-electron chi connectivity index (χ4n) is 1.64. The largest absolute Gasteiger partial charge is 0.376 e. The molecule has 0 fully saturated rings. The lowest BCUT2D eigenvalue weighted by molar-refractivity contribution is 0.582. The molecule has 0 saturated heterocycles. The van der Waals surface area contributed by atoms with E-state index >= 15 is 0 Å². The average molecular weight is 312 g/mol. The predicted octanol–water partition coefficient (Wildman–Crippen LogP) is 4.65. The van der Waals surface area contributed by atoms with Crippen LogP contribution in [0.5, 0.6) is 0 Å². The molecule has 0 heterocycles. The molecule has 1 nitrogen and oxygen atoms in total. The number of aryl methyl sites for hydroxylation is 1. The molecule has 0 radical (unpaired) electrons. The molecule has 0 aromatic heterocycles. The van der Waals surface area contributed by atoms with E-state index in [0.29, 0.717) is 12.1 Å². The van der Waals surface area contributed by atoms with Crippen LogP contribution in [-0.2, 0) is 6.54 Å². The highest BCUT2D eigenvalue weighted by Crippen LogP contribution is 2.23. The Labute approximate surface area is 113 Å². The molecule has 0 aliphatic carbocycles. The van der Waals surface area contributed by atoms with Crippen LogP contribution in [0, 0.1) is 18.6 Å². The Morgan fingerprint density at radius 3 is 2.56 bits per heavy atom. The summed E-state index contributed by atoms with van der Waals surface area (Å²) < 4.78 is 28.2. The maximum absolute atomic E-state index is 13.8. The number of hydrogen-bond acceptors (Lipinski definition) is 1. The molecule has 1 N–H and O–H groups in total.